The number of amides is 1. The van der Waals surface area contributed by atoms with Crippen molar-refractivity contribution in [2.24, 2.45) is 0 Å². The van der Waals surface area contributed by atoms with Crippen molar-refractivity contribution in [2.45, 2.75) is 37.8 Å². The fourth-order valence-corrected chi connectivity index (χ4v) is 4.12. The first-order valence-corrected chi connectivity index (χ1v) is 8.15. The van der Waals surface area contributed by atoms with Gasteiger partial charge in [-0.15, -0.1) is 0 Å². The molecule has 1 aromatic rings. The molecular formula is C17H22N2O3. The number of rotatable bonds is 2. The van der Waals surface area contributed by atoms with E-state index < -0.39 is 0 Å². The van der Waals surface area contributed by atoms with Crippen molar-refractivity contribution in [3.05, 3.63) is 23.8 Å². The molecule has 118 valence electrons. The van der Waals surface area contributed by atoms with Gasteiger partial charge in [0.25, 0.3) is 5.91 Å². The molecule has 0 bridgehead atoms. The van der Waals surface area contributed by atoms with Gasteiger partial charge in [0, 0.05) is 18.6 Å². The fourth-order valence-electron chi connectivity index (χ4n) is 4.12. The lowest BCUT2D eigenvalue weighted by Gasteiger charge is -2.33. The number of nitrogens with zero attached hydrogens (tertiary/aromatic N) is 2. The van der Waals surface area contributed by atoms with Gasteiger partial charge in [0.15, 0.2) is 11.5 Å². The number of hydrogen-bond donors (Lipinski definition) is 0. The molecular weight excluding hydrogens is 280 g/mol. The van der Waals surface area contributed by atoms with Gasteiger partial charge in [-0.2, -0.15) is 0 Å². The number of fused-ring (bicyclic) bond motifs is 1. The number of benzene rings is 1. The lowest BCUT2D eigenvalue weighted by Crippen LogP contribution is -2.47. The van der Waals surface area contributed by atoms with Gasteiger partial charge in [0.2, 0.25) is 6.79 Å². The standard InChI is InChI=1S/C17H22N2O3/c1-18-9-3-6-13(18)14-7-4-10-19(14)17(20)12-5-2-8-15-16(12)22-11-21-15/h2,5,8,13-14H,3-4,6-7,9-11H2,1H3/t13-,14+/m1/s1. The molecule has 3 heterocycles. The maximum atomic E-state index is 13.1. The third-order valence-electron chi connectivity index (χ3n) is 5.21. The molecule has 2 atom stereocenters. The Bertz CT molecular complexity index is 589. The van der Waals surface area contributed by atoms with Crippen molar-refractivity contribution in [2.75, 3.05) is 26.9 Å². The quantitative estimate of drug-likeness (QED) is 0.839. The topological polar surface area (TPSA) is 42.0 Å². The van der Waals surface area contributed by atoms with Crippen LogP contribution >= 0.6 is 0 Å². The molecule has 0 spiro atoms. The number of likely N-dealkylation sites (N-methyl/N-ethyl adjacent to an activating group) is 1. The van der Waals surface area contributed by atoms with Crippen LogP contribution in [0.4, 0.5) is 0 Å². The van der Waals surface area contributed by atoms with Crippen LogP contribution in [0.5, 0.6) is 11.5 Å². The predicted octanol–water partition coefficient (Wildman–Crippen LogP) is 2.11. The van der Waals surface area contributed by atoms with Crippen LogP contribution in [-0.4, -0.2) is 54.7 Å². The number of ether oxygens (including phenoxy) is 2. The van der Waals surface area contributed by atoms with E-state index in [1.54, 1.807) is 0 Å². The van der Waals surface area contributed by atoms with E-state index in [2.05, 4.69) is 16.8 Å². The zero-order valence-electron chi connectivity index (χ0n) is 13.0. The Kier molecular flexibility index (Phi) is 3.45. The first kappa shape index (κ1) is 13.9. The van der Waals surface area contributed by atoms with Gasteiger partial charge >= 0.3 is 0 Å². The van der Waals surface area contributed by atoms with Crippen LogP contribution < -0.4 is 9.47 Å². The molecule has 0 N–H and O–H groups in total. The normalized spacial score (nSPS) is 27.6. The van der Waals surface area contributed by atoms with E-state index in [-0.39, 0.29) is 12.7 Å². The summed E-state index contributed by atoms with van der Waals surface area (Å²) >= 11 is 0. The Balaban J connectivity index is 1.61. The summed E-state index contributed by atoms with van der Waals surface area (Å²) in [6.07, 6.45) is 4.62. The van der Waals surface area contributed by atoms with Crippen LogP contribution in [0.3, 0.4) is 0 Å². The highest BCUT2D eigenvalue weighted by Gasteiger charge is 2.39. The summed E-state index contributed by atoms with van der Waals surface area (Å²) in [6.45, 7) is 2.19. The van der Waals surface area contributed by atoms with Gasteiger partial charge in [0.05, 0.1) is 5.56 Å². The van der Waals surface area contributed by atoms with Crippen LogP contribution in [0.1, 0.15) is 36.0 Å². The second-order valence-corrected chi connectivity index (χ2v) is 6.44. The molecule has 2 fully saturated rings. The van der Waals surface area contributed by atoms with Crippen LogP contribution in [0.25, 0.3) is 0 Å². The summed E-state index contributed by atoms with van der Waals surface area (Å²) in [5.41, 5.74) is 0.641. The zero-order chi connectivity index (χ0) is 15.1. The molecule has 2 saturated heterocycles. The smallest absolute Gasteiger partial charge is 0.258 e. The van der Waals surface area contributed by atoms with Crippen LogP contribution in [0, 0.1) is 0 Å². The predicted molar refractivity (Wildman–Crippen MR) is 82.3 cm³/mol. The van der Waals surface area contributed by atoms with E-state index >= 15 is 0 Å². The van der Waals surface area contributed by atoms with Crippen LogP contribution in [0.15, 0.2) is 18.2 Å². The SMILES string of the molecule is CN1CCC[C@@H]1[C@@H]1CCCN1C(=O)c1cccc2c1OCO2. The number of likely N-dealkylation sites (tertiary alicyclic amines) is 2. The van der Waals surface area contributed by atoms with Crippen LogP contribution in [0.2, 0.25) is 0 Å². The third-order valence-corrected chi connectivity index (χ3v) is 5.21. The average molecular weight is 302 g/mol. The Morgan fingerprint density at radius 3 is 2.77 bits per heavy atom. The lowest BCUT2D eigenvalue weighted by molar-refractivity contribution is 0.0660. The Morgan fingerprint density at radius 2 is 1.95 bits per heavy atom. The van der Waals surface area contributed by atoms with Gasteiger partial charge in [0.1, 0.15) is 0 Å². The van der Waals surface area contributed by atoms with Crippen molar-refractivity contribution in [3.63, 3.8) is 0 Å². The number of para-hydroxylation sites is 1. The Morgan fingerprint density at radius 1 is 1.14 bits per heavy atom. The van der Waals surface area contributed by atoms with E-state index in [1.165, 1.54) is 12.8 Å². The third kappa shape index (κ3) is 2.15. The molecule has 3 aliphatic heterocycles. The molecule has 3 aliphatic rings. The van der Waals surface area contributed by atoms with Crippen molar-refractivity contribution in [1.82, 2.24) is 9.80 Å². The molecule has 0 saturated carbocycles. The molecule has 0 aliphatic carbocycles. The van der Waals surface area contributed by atoms with Crippen molar-refractivity contribution >= 4 is 5.91 Å². The maximum Gasteiger partial charge on any atom is 0.258 e. The van der Waals surface area contributed by atoms with E-state index in [1.807, 2.05) is 18.2 Å². The summed E-state index contributed by atoms with van der Waals surface area (Å²) in [6, 6.07) is 6.40. The monoisotopic (exact) mass is 302 g/mol. The van der Waals surface area contributed by atoms with Gasteiger partial charge in [-0.1, -0.05) is 6.07 Å². The fraction of sp³-hybridized carbons (Fsp3) is 0.588. The van der Waals surface area contributed by atoms with Crippen molar-refractivity contribution < 1.29 is 14.3 Å². The average Bonchev–Trinajstić information content (AvgIpc) is 3.25. The molecule has 22 heavy (non-hydrogen) atoms. The minimum absolute atomic E-state index is 0.0881. The number of hydrogen-bond acceptors (Lipinski definition) is 4. The number of carbonyl (C=O) groups excluding carboxylic acids is 1. The van der Waals surface area contributed by atoms with Gasteiger partial charge in [-0.25, -0.2) is 0 Å². The highest BCUT2D eigenvalue weighted by Crippen LogP contribution is 2.38. The highest BCUT2D eigenvalue weighted by molar-refractivity contribution is 5.98. The summed E-state index contributed by atoms with van der Waals surface area (Å²) in [7, 11) is 2.18. The molecule has 0 aromatic heterocycles. The molecule has 1 amide bonds. The second kappa shape index (κ2) is 5.47. The Labute approximate surface area is 130 Å². The summed E-state index contributed by atoms with van der Waals surface area (Å²) in [5, 5.41) is 0. The Hall–Kier alpha value is -1.75. The summed E-state index contributed by atoms with van der Waals surface area (Å²) < 4.78 is 10.9. The lowest BCUT2D eigenvalue weighted by atomic mass is 10.0. The van der Waals surface area contributed by atoms with E-state index in [4.69, 9.17) is 9.47 Å². The molecule has 4 rings (SSSR count). The van der Waals surface area contributed by atoms with Crippen LogP contribution in [-0.2, 0) is 0 Å². The second-order valence-electron chi connectivity index (χ2n) is 6.44. The van der Waals surface area contributed by atoms with E-state index in [9.17, 15) is 4.79 Å². The minimum atomic E-state index is 0.0881. The van der Waals surface area contributed by atoms with Gasteiger partial charge in [-0.05, 0) is 51.4 Å². The molecule has 5 nitrogen and oxygen atoms in total. The first-order chi connectivity index (χ1) is 10.8. The molecule has 5 heteroatoms. The number of carbonyl (C=O) groups is 1. The summed E-state index contributed by atoms with van der Waals surface area (Å²) in [4.78, 5) is 17.5. The van der Waals surface area contributed by atoms with Crippen molar-refractivity contribution in [3.8, 4) is 11.5 Å². The zero-order valence-corrected chi connectivity index (χ0v) is 13.0. The largest absolute Gasteiger partial charge is 0.454 e. The van der Waals surface area contributed by atoms with Gasteiger partial charge in [-0.3, -0.25) is 4.79 Å². The van der Waals surface area contributed by atoms with Crippen molar-refractivity contribution in [1.29, 1.82) is 0 Å². The minimum Gasteiger partial charge on any atom is -0.454 e. The maximum absolute atomic E-state index is 13.1. The molecule has 0 unspecified atom stereocenters. The molecule has 1 aromatic carbocycles. The molecule has 0 radical (unpaired) electrons. The first-order valence-electron chi connectivity index (χ1n) is 8.15. The summed E-state index contributed by atoms with van der Waals surface area (Å²) in [5.74, 6) is 1.38. The highest BCUT2D eigenvalue weighted by atomic mass is 16.7. The van der Waals surface area contributed by atoms with E-state index in [0.717, 1.165) is 25.9 Å². The van der Waals surface area contributed by atoms with Gasteiger partial charge < -0.3 is 19.3 Å². The van der Waals surface area contributed by atoms with E-state index in [0.29, 0.717) is 29.1 Å².